The summed E-state index contributed by atoms with van der Waals surface area (Å²) >= 11 is 1.55. The summed E-state index contributed by atoms with van der Waals surface area (Å²) in [4.78, 5) is 23.2. The van der Waals surface area contributed by atoms with Crippen LogP contribution in [0, 0.1) is 0 Å². The van der Waals surface area contributed by atoms with Crippen molar-refractivity contribution in [2.45, 2.75) is 12.7 Å². The normalized spacial score (nSPS) is 10.4. The summed E-state index contributed by atoms with van der Waals surface area (Å²) in [5, 5.41) is 9.74. The van der Waals surface area contributed by atoms with Crippen LogP contribution in [0.5, 0.6) is 0 Å². The summed E-state index contributed by atoms with van der Waals surface area (Å²) in [6.07, 6.45) is 3.64. The number of benzene rings is 2. The molecule has 0 aliphatic carbocycles. The van der Waals surface area contributed by atoms with Crippen molar-refractivity contribution in [3.8, 4) is 5.69 Å². The lowest BCUT2D eigenvalue weighted by Gasteiger charge is -2.08. The number of carbonyl (C=O) groups excluding carboxylic acids is 2. The van der Waals surface area contributed by atoms with Crippen molar-refractivity contribution in [2.75, 3.05) is 16.4 Å². The number of thioether (sulfide) groups is 1. The van der Waals surface area contributed by atoms with Crippen molar-refractivity contribution >= 4 is 35.0 Å². The van der Waals surface area contributed by atoms with Crippen LogP contribution in [0.15, 0.2) is 67.0 Å². The Kier molecular flexibility index (Phi) is 6.27. The first kappa shape index (κ1) is 18.7. The second-order valence-corrected chi connectivity index (χ2v) is 6.91. The molecule has 2 amide bonds. The minimum Gasteiger partial charge on any atom is -0.326 e. The van der Waals surface area contributed by atoms with Gasteiger partial charge in [0.05, 0.1) is 11.4 Å². The highest BCUT2D eigenvalue weighted by molar-refractivity contribution is 7.99. The van der Waals surface area contributed by atoms with E-state index in [1.807, 2.05) is 36.5 Å². The number of anilines is 2. The minimum atomic E-state index is -0.146. The summed E-state index contributed by atoms with van der Waals surface area (Å²) in [7, 11) is 0. The zero-order valence-corrected chi connectivity index (χ0v) is 15.7. The number of carbonyl (C=O) groups is 2. The highest BCUT2D eigenvalue weighted by Crippen LogP contribution is 2.17. The largest absolute Gasteiger partial charge is 0.326 e. The van der Waals surface area contributed by atoms with E-state index in [0.717, 1.165) is 17.0 Å². The highest BCUT2D eigenvalue weighted by atomic mass is 32.2. The number of aromatic nitrogens is 2. The monoisotopic (exact) mass is 380 g/mol. The van der Waals surface area contributed by atoms with E-state index in [-0.39, 0.29) is 11.8 Å². The molecule has 0 unspecified atom stereocenters. The SMILES string of the molecule is CC(=O)Nc1cccc(NC(=O)CSCc2ccc(-n3cccn3)cc2)c1. The van der Waals surface area contributed by atoms with Crippen LogP contribution < -0.4 is 10.6 Å². The van der Waals surface area contributed by atoms with Crippen molar-refractivity contribution in [1.29, 1.82) is 0 Å². The Hall–Kier alpha value is -3.06. The molecule has 0 bridgehead atoms. The van der Waals surface area contributed by atoms with Crippen LogP contribution in [0.2, 0.25) is 0 Å². The number of nitrogens with zero attached hydrogens (tertiary/aromatic N) is 2. The van der Waals surface area contributed by atoms with Crippen LogP contribution in [0.25, 0.3) is 5.69 Å². The maximum absolute atomic E-state index is 12.1. The topological polar surface area (TPSA) is 76.0 Å². The van der Waals surface area contributed by atoms with Gasteiger partial charge in [-0.25, -0.2) is 4.68 Å². The fraction of sp³-hybridized carbons (Fsp3) is 0.150. The number of amides is 2. The van der Waals surface area contributed by atoms with Gasteiger partial charge in [0.1, 0.15) is 0 Å². The molecule has 1 aromatic heterocycles. The first-order valence-electron chi connectivity index (χ1n) is 8.44. The lowest BCUT2D eigenvalue weighted by Crippen LogP contribution is -2.14. The molecular formula is C20H20N4O2S. The van der Waals surface area contributed by atoms with Gasteiger partial charge in [0.2, 0.25) is 11.8 Å². The van der Waals surface area contributed by atoms with Gasteiger partial charge in [-0.15, -0.1) is 11.8 Å². The first-order valence-corrected chi connectivity index (χ1v) is 9.60. The number of nitrogens with one attached hydrogen (secondary N) is 2. The number of hydrogen-bond acceptors (Lipinski definition) is 4. The molecule has 27 heavy (non-hydrogen) atoms. The van der Waals surface area contributed by atoms with Crippen LogP contribution in [0.3, 0.4) is 0 Å². The van der Waals surface area contributed by atoms with Crippen LogP contribution in [0.4, 0.5) is 11.4 Å². The molecule has 0 atom stereocenters. The second kappa shape index (κ2) is 9.05. The fourth-order valence-electron chi connectivity index (χ4n) is 2.50. The zero-order valence-electron chi connectivity index (χ0n) is 14.9. The molecule has 0 saturated heterocycles. The van der Waals surface area contributed by atoms with E-state index in [1.54, 1.807) is 46.9 Å². The summed E-state index contributed by atoms with van der Waals surface area (Å²) in [6.45, 7) is 1.45. The van der Waals surface area contributed by atoms with Crippen LogP contribution >= 0.6 is 11.8 Å². The van der Waals surface area contributed by atoms with Crippen molar-refractivity contribution in [3.63, 3.8) is 0 Å². The van der Waals surface area contributed by atoms with E-state index < -0.39 is 0 Å². The van der Waals surface area contributed by atoms with Crippen molar-refractivity contribution < 1.29 is 9.59 Å². The van der Waals surface area contributed by atoms with Gasteiger partial charge in [-0.3, -0.25) is 9.59 Å². The van der Waals surface area contributed by atoms with Gasteiger partial charge in [-0.2, -0.15) is 5.10 Å². The Bertz CT molecular complexity index is 908. The van der Waals surface area contributed by atoms with E-state index in [4.69, 9.17) is 0 Å². The molecule has 7 heteroatoms. The van der Waals surface area contributed by atoms with Crippen molar-refractivity contribution in [2.24, 2.45) is 0 Å². The molecule has 138 valence electrons. The average Bonchev–Trinajstić information content (AvgIpc) is 3.17. The summed E-state index contributed by atoms with van der Waals surface area (Å²) in [5.74, 6) is 0.880. The van der Waals surface area contributed by atoms with E-state index >= 15 is 0 Å². The maximum Gasteiger partial charge on any atom is 0.234 e. The van der Waals surface area contributed by atoms with Gasteiger partial charge in [-0.1, -0.05) is 18.2 Å². The van der Waals surface area contributed by atoms with Crippen LogP contribution in [-0.2, 0) is 15.3 Å². The highest BCUT2D eigenvalue weighted by Gasteiger charge is 2.05. The third-order valence-electron chi connectivity index (χ3n) is 3.67. The van der Waals surface area contributed by atoms with Crippen molar-refractivity contribution in [1.82, 2.24) is 9.78 Å². The molecule has 0 aliphatic rings. The van der Waals surface area contributed by atoms with Gasteiger partial charge >= 0.3 is 0 Å². The van der Waals surface area contributed by atoms with Crippen LogP contribution in [-0.4, -0.2) is 27.3 Å². The third kappa shape index (κ3) is 5.72. The fourth-order valence-corrected chi connectivity index (χ4v) is 3.29. The Morgan fingerprint density at radius 1 is 1.04 bits per heavy atom. The first-order chi connectivity index (χ1) is 13.1. The lowest BCUT2D eigenvalue weighted by atomic mass is 10.2. The Morgan fingerprint density at radius 2 is 1.78 bits per heavy atom. The molecule has 2 N–H and O–H groups in total. The van der Waals surface area contributed by atoms with Gasteiger partial charge in [0, 0.05) is 36.4 Å². The van der Waals surface area contributed by atoms with Crippen LogP contribution in [0.1, 0.15) is 12.5 Å². The number of hydrogen-bond donors (Lipinski definition) is 2. The van der Waals surface area contributed by atoms with E-state index in [2.05, 4.69) is 15.7 Å². The molecule has 3 rings (SSSR count). The van der Waals surface area contributed by atoms with E-state index in [9.17, 15) is 9.59 Å². The molecule has 2 aromatic carbocycles. The second-order valence-electron chi connectivity index (χ2n) is 5.92. The standard InChI is InChI=1S/C20H20N4O2S/c1-15(25)22-17-4-2-5-18(12-17)23-20(26)14-27-13-16-6-8-19(9-7-16)24-11-3-10-21-24/h2-12H,13-14H2,1H3,(H,22,25)(H,23,26). The molecule has 6 nitrogen and oxygen atoms in total. The quantitative estimate of drug-likeness (QED) is 0.655. The molecule has 0 fully saturated rings. The Labute approximate surface area is 162 Å². The zero-order chi connectivity index (χ0) is 19.1. The smallest absolute Gasteiger partial charge is 0.234 e. The van der Waals surface area contributed by atoms with Crippen molar-refractivity contribution in [3.05, 3.63) is 72.6 Å². The number of rotatable bonds is 7. The van der Waals surface area contributed by atoms with Gasteiger partial charge in [-0.05, 0) is 42.0 Å². The maximum atomic E-state index is 12.1. The predicted octanol–water partition coefficient (Wildman–Crippen LogP) is 3.70. The predicted molar refractivity (Wildman–Crippen MR) is 109 cm³/mol. The molecule has 1 heterocycles. The Balaban J connectivity index is 1.46. The molecule has 0 spiro atoms. The summed E-state index contributed by atoms with van der Waals surface area (Å²) in [5.41, 5.74) is 3.47. The van der Waals surface area contributed by atoms with Gasteiger partial charge in [0.15, 0.2) is 0 Å². The van der Waals surface area contributed by atoms with E-state index in [0.29, 0.717) is 17.1 Å². The molecule has 0 aliphatic heterocycles. The Morgan fingerprint density at radius 3 is 2.44 bits per heavy atom. The molecule has 3 aromatic rings. The summed E-state index contributed by atoms with van der Waals surface area (Å²) < 4.78 is 1.81. The van der Waals surface area contributed by atoms with E-state index in [1.165, 1.54) is 6.92 Å². The third-order valence-corrected chi connectivity index (χ3v) is 4.68. The lowest BCUT2D eigenvalue weighted by molar-refractivity contribution is -0.114. The molecular weight excluding hydrogens is 360 g/mol. The van der Waals surface area contributed by atoms with Gasteiger partial charge < -0.3 is 10.6 Å². The minimum absolute atomic E-state index is 0.0758. The average molecular weight is 380 g/mol. The summed E-state index contributed by atoms with van der Waals surface area (Å²) in [6, 6.07) is 17.1. The van der Waals surface area contributed by atoms with Gasteiger partial charge in [0.25, 0.3) is 0 Å². The molecule has 0 saturated carbocycles. The molecule has 0 radical (unpaired) electrons.